The van der Waals surface area contributed by atoms with E-state index in [1.54, 1.807) is 30.0 Å². The second-order valence-corrected chi connectivity index (χ2v) is 5.31. The molecule has 1 unspecified atom stereocenters. The van der Waals surface area contributed by atoms with Gasteiger partial charge in [0.05, 0.1) is 16.1 Å². The Balaban J connectivity index is 2.46. The average Bonchev–Trinajstić information content (AvgIpc) is 2.69. The Morgan fingerprint density at radius 1 is 1.35 bits per heavy atom. The summed E-state index contributed by atoms with van der Waals surface area (Å²) in [6.45, 7) is 1.96. The van der Waals surface area contributed by atoms with Gasteiger partial charge in [0.15, 0.2) is 0 Å². The van der Waals surface area contributed by atoms with Crippen LogP contribution in [0.15, 0.2) is 23.7 Å². The molecule has 0 radical (unpaired) electrons. The lowest BCUT2D eigenvalue weighted by molar-refractivity contribution is 0.138. The van der Waals surface area contributed by atoms with E-state index < -0.39 is 0 Å². The van der Waals surface area contributed by atoms with E-state index in [1.165, 1.54) is 0 Å². The number of aromatic nitrogens is 1. The van der Waals surface area contributed by atoms with Crippen LogP contribution in [0, 0.1) is 6.92 Å². The highest BCUT2D eigenvalue weighted by Gasteiger charge is 2.20. The summed E-state index contributed by atoms with van der Waals surface area (Å²) in [5.74, 6) is 0. The van der Waals surface area contributed by atoms with Crippen LogP contribution in [0.3, 0.4) is 0 Å². The van der Waals surface area contributed by atoms with Crippen LogP contribution in [0.5, 0.6) is 0 Å². The fourth-order valence-electron chi connectivity index (χ4n) is 1.65. The Morgan fingerprint density at radius 2 is 2.12 bits per heavy atom. The molecule has 0 saturated carbocycles. The maximum absolute atomic E-state index is 6.19. The Labute approximate surface area is 114 Å². The van der Waals surface area contributed by atoms with Gasteiger partial charge < -0.3 is 4.74 Å². The summed E-state index contributed by atoms with van der Waals surface area (Å²) in [5.41, 5.74) is 3.68. The number of halogens is 2. The number of hydrogen-bond acceptors (Lipinski definition) is 3. The molecule has 5 heteroatoms. The monoisotopic (exact) mass is 287 g/mol. The standard InChI is InChI=1S/C12H11Cl2NOS/c1-7-12(17-6-15-7)11(16-2)9-4-3-8(13)5-10(9)14/h3-6,11H,1-2H3. The Hall–Kier alpha value is -0.610. The fourth-order valence-corrected chi connectivity index (χ4v) is 3.05. The molecule has 1 aromatic carbocycles. The Bertz CT molecular complexity index is 527. The molecule has 1 atom stereocenters. The predicted molar refractivity (Wildman–Crippen MR) is 72.2 cm³/mol. The summed E-state index contributed by atoms with van der Waals surface area (Å²) in [4.78, 5) is 5.29. The van der Waals surface area contributed by atoms with E-state index in [-0.39, 0.29) is 6.10 Å². The third-order valence-electron chi connectivity index (χ3n) is 2.50. The van der Waals surface area contributed by atoms with Crippen LogP contribution in [-0.2, 0) is 4.74 Å². The lowest BCUT2D eigenvalue weighted by Gasteiger charge is -2.16. The molecule has 0 saturated heterocycles. The molecule has 0 amide bonds. The van der Waals surface area contributed by atoms with Crippen molar-refractivity contribution in [2.75, 3.05) is 7.11 Å². The molecule has 2 nitrogen and oxygen atoms in total. The van der Waals surface area contributed by atoms with E-state index >= 15 is 0 Å². The summed E-state index contributed by atoms with van der Waals surface area (Å²) >= 11 is 13.6. The van der Waals surface area contributed by atoms with E-state index in [0.29, 0.717) is 10.0 Å². The molecule has 0 spiro atoms. The highest BCUT2D eigenvalue weighted by Crippen LogP contribution is 2.35. The topological polar surface area (TPSA) is 22.1 Å². The van der Waals surface area contributed by atoms with Crippen LogP contribution in [-0.4, -0.2) is 12.1 Å². The third kappa shape index (κ3) is 2.63. The fraction of sp³-hybridized carbons (Fsp3) is 0.250. The van der Waals surface area contributed by atoms with Gasteiger partial charge in [-0.15, -0.1) is 11.3 Å². The zero-order valence-corrected chi connectivity index (χ0v) is 11.7. The van der Waals surface area contributed by atoms with Crippen LogP contribution in [0.2, 0.25) is 10.0 Å². The van der Waals surface area contributed by atoms with Gasteiger partial charge in [-0.3, -0.25) is 0 Å². The van der Waals surface area contributed by atoms with Gasteiger partial charge in [-0.2, -0.15) is 0 Å². The molecule has 90 valence electrons. The first-order valence-electron chi connectivity index (χ1n) is 5.01. The number of aryl methyl sites for hydroxylation is 1. The molecule has 2 aromatic rings. The molecule has 17 heavy (non-hydrogen) atoms. The van der Waals surface area contributed by atoms with Crippen molar-refractivity contribution in [1.82, 2.24) is 4.98 Å². The zero-order chi connectivity index (χ0) is 12.4. The van der Waals surface area contributed by atoms with E-state index in [0.717, 1.165) is 16.1 Å². The third-order valence-corrected chi connectivity index (χ3v) is 4.04. The number of thiazole rings is 1. The smallest absolute Gasteiger partial charge is 0.120 e. The summed E-state index contributed by atoms with van der Waals surface area (Å²) < 4.78 is 5.53. The van der Waals surface area contributed by atoms with E-state index in [1.807, 2.05) is 19.1 Å². The van der Waals surface area contributed by atoms with Gasteiger partial charge in [0.2, 0.25) is 0 Å². The second-order valence-electron chi connectivity index (χ2n) is 3.58. The molecule has 0 aliphatic heterocycles. The normalized spacial score (nSPS) is 12.7. The first-order chi connectivity index (χ1) is 8.13. The quantitative estimate of drug-likeness (QED) is 0.830. The summed E-state index contributed by atoms with van der Waals surface area (Å²) in [6, 6.07) is 5.42. The SMILES string of the molecule is COC(c1ccc(Cl)cc1Cl)c1scnc1C. The molecule has 0 aliphatic rings. The first kappa shape index (κ1) is 12.8. The van der Waals surface area contributed by atoms with Crippen molar-refractivity contribution in [2.24, 2.45) is 0 Å². The van der Waals surface area contributed by atoms with Crippen LogP contribution >= 0.6 is 34.5 Å². The minimum absolute atomic E-state index is 0.188. The molecule has 0 aliphatic carbocycles. The van der Waals surface area contributed by atoms with E-state index in [9.17, 15) is 0 Å². The van der Waals surface area contributed by atoms with Crippen LogP contribution in [0.25, 0.3) is 0 Å². The lowest BCUT2D eigenvalue weighted by Crippen LogP contribution is -2.04. The molecule has 0 fully saturated rings. The summed E-state index contributed by atoms with van der Waals surface area (Å²) in [6.07, 6.45) is -0.188. The predicted octanol–water partition coefficient (Wildman–Crippen LogP) is 4.49. The maximum atomic E-state index is 6.19. The van der Waals surface area contributed by atoms with Gasteiger partial charge >= 0.3 is 0 Å². The van der Waals surface area contributed by atoms with Gasteiger partial charge in [-0.1, -0.05) is 29.3 Å². The Morgan fingerprint density at radius 3 is 2.65 bits per heavy atom. The van der Waals surface area contributed by atoms with Gasteiger partial charge in [-0.05, 0) is 19.1 Å². The van der Waals surface area contributed by atoms with Crippen LogP contribution in [0.4, 0.5) is 0 Å². The van der Waals surface area contributed by atoms with Crippen molar-refractivity contribution in [3.05, 3.63) is 49.9 Å². The van der Waals surface area contributed by atoms with Crippen molar-refractivity contribution < 1.29 is 4.74 Å². The number of ether oxygens (including phenoxy) is 1. The van der Waals surface area contributed by atoms with Gasteiger partial charge in [0.25, 0.3) is 0 Å². The summed E-state index contributed by atoms with van der Waals surface area (Å²) in [7, 11) is 1.66. The van der Waals surface area contributed by atoms with E-state index in [4.69, 9.17) is 27.9 Å². The van der Waals surface area contributed by atoms with Crippen LogP contribution < -0.4 is 0 Å². The molecule has 0 bridgehead atoms. The van der Waals surface area contributed by atoms with Gasteiger partial charge in [-0.25, -0.2) is 4.98 Å². The molecular weight excluding hydrogens is 277 g/mol. The maximum Gasteiger partial charge on any atom is 0.120 e. The summed E-state index contributed by atoms with van der Waals surface area (Å²) in [5, 5.41) is 1.23. The highest BCUT2D eigenvalue weighted by atomic mass is 35.5. The molecule has 2 rings (SSSR count). The van der Waals surface area contributed by atoms with E-state index in [2.05, 4.69) is 4.98 Å². The van der Waals surface area contributed by atoms with Crippen molar-refractivity contribution in [1.29, 1.82) is 0 Å². The Kier molecular flexibility index (Phi) is 4.05. The molecule has 1 aromatic heterocycles. The minimum atomic E-state index is -0.188. The minimum Gasteiger partial charge on any atom is -0.371 e. The number of hydrogen-bond donors (Lipinski definition) is 0. The molecule has 0 N–H and O–H groups in total. The number of nitrogens with zero attached hydrogens (tertiary/aromatic N) is 1. The van der Waals surface area contributed by atoms with Gasteiger partial charge in [0, 0.05) is 22.7 Å². The number of benzene rings is 1. The number of methoxy groups -OCH3 is 1. The largest absolute Gasteiger partial charge is 0.371 e. The van der Waals surface area contributed by atoms with Gasteiger partial charge in [0.1, 0.15) is 6.10 Å². The van der Waals surface area contributed by atoms with Crippen molar-refractivity contribution >= 4 is 34.5 Å². The average molecular weight is 288 g/mol. The number of rotatable bonds is 3. The molecule has 1 heterocycles. The second kappa shape index (κ2) is 5.36. The van der Waals surface area contributed by atoms with Crippen LogP contribution in [0.1, 0.15) is 22.2 Å². The van der Waals surface area contributed by atoms with Crippen molar-refractivity contribution in [3.8, 4) is 0 Å². The van der Waals surface area contributed by atoms with Crippen molar-refractivity contribution in [3.63, 3.8) is 0 Å². The zero-order valence-electron chi connectivity index (χ0n) is 9.41. The molecular formula is C12H11Cl2NOS. The highest BCUT2D eigenvalue weighted by molar-refractivity contribution is 7.09. The lowest BCUT2D eigenvalue weighted by atomic mass is 10.1. The van der Waals surface area contributed by atoms with Crippen molar-refractivity contribution in [2.45, 2.75) is 13.0 Å². The first-order valence-corrected chi connectivity index (χ1v) is 6.64.